The summed E-state index contributed by atoms with van der Waals surface area (Å²) in [6.07, 6.45) is 5.65. The molecule has 0 spiro atoms. The number of aromatic nitrogens is 4. The van der Waals surface area contributed by atoms with Crippen molar-refractivity contribution < 1.29 is 4.92 Å². The molecule has 2 aromatic rings. The molecule has 0 bridgehead atoms. The molecule has 0 fully saturated rings. The van der Waals surface area contributed by atoms with Crippen LogP contribution in [0.5, 0.6) is 0 Å². The van der Waals surface area contributed by atoms with Gasteiger partial charge in [-0.1, -0.05) is 5.21 Å². The normalized spacial score (nSPS) is 10.2. The number of anilines is 1. The Balaban J connectivity index is 1.79. The molecule has 2 heterocycles. The zero-order chi connectivity index (χ0) is 12.8. The molecule has 8 nitrogen and oxygen atoms in total. The van der Waals surface area contributed by atoms with Crippen LogP contribution in [0.2, 0.25) is 0 Å². The van der Waals surface area contributed by atoms with Crippen molar-refractivity contribution >= 4 is 11.5 Å². The van der Waals surface area contributed by atoms with E-state index in [0.29, 0.717) is 12.4 Å². The quantitative estimate of drug-likeness (QED) is 0.466. The molecule has 0 unspecified atom stereocenters. The molecule has 0 radical (unpaired) electrons. The number of aryl methyl sites for hydroxylation is 1. The largest absolute Gasteiger partial charge is 0.370 e. The lowest BCUT2D eigenvalue weighted by molar-refractivity contribution is -0.384. The van der Waals surface area contributed by atoms with Crippen LogP contribution in [-0.4, -0.2) is 31.4 Å². The van der Waals surface area contributed by atoms with Crippen molar-refractivity contribution in [2.75, 3.05) is 11.9 Å². The highest BCUT2D eigenvalue weighted by Gasteiger charge is 2.05. The maximum Gasteiger partial charge on any atom is 0.274 e. The number of nitrogens with one attached hydrogen (secondary N) is 1. The predicted octanol–water partition coefficient (Wildman–Crippen LogP) is 1.08. The Morgan fingerprint density at radius 3 is 3.06 bits per heavy atom. The first-order chi connectivity index (χ1) is 8.75. The Labute approximate surface area is 103 Å². The first-order valence-electron chi connectivity index (χ1n) is 5.44. The molecule has 0 aromatic carbocycles. The van der Waals surface area contributed by atoms with Crippen LogP contribution in [0.1, 0.15) is 6.42 Å². The zero-order valence-corrected chi connectivity index (χ0v) is 9.56. The van der Waals surface area contributed by atoms with Crippen LogP contribution in [0, 0.1) is 10.1 Å². The summed E-state index contributed by atoms with van der Waals surface area (Å²) in [5.41, 5.74) is 0.0313. The zero-order valence-electron chi connectivity index (χ0n) is 9.56. The van der Waals surface area contributed by atoms with Crippen molar-refractivity contribution in [2.24, 2.45) is 0 Å². The lowest BCUT2D eigenvalue weighted by atomic mass is 10.3. The SMILES string of the molecule is O=[N+]([O-])c1ccnc(NCCCn2ccnn2)c1. The van der Waals surface area contributed by atoms with E-state index >= 15 is 0 Å². The molecule has 8 heteroatoms. The van der Waals surface area contributed by atoms with Crippen LogP contribution in [0.15, 0.2) is 30.7 Å². The molecular weight excluding hydrogens is 236 g/mol. The Kier molecular flexibility index (Phi) is 3.79. The summed E-state index contributed by atoms with van der Waals surface area (Å²) in [7, 11) is 0. The summed E-state index contributed by atoms with van der Waals surface area (Å²) < 4.78 is 1.72. The van der Waals surface area contributed by atoms with Gasteiger partial charge in [0.15, 0.2) is 0 Å². The first kappa shape index (κ1) is 12.0. The number of pyridine rings is 1. The lowest BCUT2D eigenvalue weighted by Crippen LogP contribution is -2.08. The van der Waals surface area contributed by atoms with Gasteiger partial charge in [-0.25, -0.2) is 4.98 Å². The van der Waals surface area contributed by atoms with Crippen molar-refractivity contribution in [3.63, 3.8) is 0 Å². The Hall–Kier alpha value is -2.51. The second kappa shape index (κ2) is 5.71. The molecule has 2 rings (SSSR count). The Morgan fingerprint density at radius 2 is 2.33 bits per heavy atom. The summed E-state index contributed by atoms with van der Waals surface area (Å²) in [5.74, 6) is 0.503. The fraction of sp³-hybridized carbons (Fsp3) is 0.300. The van der Waals surface area contributed by atoms with E-state index in [9.17, 15) is 10.1 Å². The van der Waals surface area contributed by atoms with Crippen molar-refractivity contribution in [1.82, 2.24) is 20.0 Å². The van der Waals surface area contributed by atoms with E-state index in [1.165, 1.54) is 18.3 Å². The van der Waals surface area contributed by atoms with Gasteiger partial charge in [-0.05, 0) is 6.42 Å². The highest BCUT2D eigenvalue weighted by molar-refractivity contribution is 5.43. The molecule has 0 aliphatic heterocycles. The first-order valence-corrected chi connectivity index (χ1v) is 5.44. The van der Waals surface area contributed by atoms with Gasteiger partial charge in [0.05, 0.1) is 17.2 Å². The van der Waals surface area contributed by atoms with Crippen LogP contribution in [-0.2, 0) is 6.54 Å². The summed E-state index contributed by atoms with van der Waals surface area (Å²) in [5, 5.41) is 21.1. The van der Waals surface area contributed by atoms with Gasteiger partial charge in [0, 0.05) is 31.5 Å². The van der Waals surface area contributed by atoms with E-state index < -0.39 is 4.92 Å². The maximum absolute atomic E-state index is 10.6. The third-order valence-corrected chi connectivity index (χ3v) is 2.30. The number of nitro groups is 1. The van der Waals surface area contributed by atoms with Crippen LogP contribution in [0.3, 0.4) is 0 Å². The molecule has 0 aliphatic carbocycles. The second-order valence-corrected chi connectivity index (χ2v) is 3.60. The molecule has 94 valence electrons. The number of hydrogen-bond donors (Lipinski definition) is 1. The summed E-state index contributed by atoms with van der Waals surface area (Å²) in [6, 6.07) is 2.77. The minimum Gasteiger partial charge on any atom is -0.370 e. The van der Waals surface area contributed by atoms with Gasteiger partial charge < -0.3 is 5.32 Å². The second-order valence-electron chi connectivity index (χ2n) is 3.60. The van der Waals surface area contributed by atoms with Gasteiger partial charge in [-0.2, -0.15) is 0 Å². The maximum atomic E-state index is 10.6. The molecule has 0 saturated carbocycles. The average Bonchev–Trinajstić information content (AvgIpc) is 2.88. The minimum absolute atomic E-state index is 0.0313. The average molecular weight is 248 g/mol. The van der Waals surface area contributed by atoms with Gasteiger partial charge in [-0.3, -0.25) is 14.8 Å². The fourth-order valence-electron chi connectivity index (χ4n) is 1.44. The molecule has 18 heavy (non-hydrogen) atoms. The van der Waals surface area contributed by atoms with Crippen molar-refractivity contribution in [1.29, 1.82) is 0 Å². The monoisotopic (exact) mass is 248 g/mol. The number of rotatable bonds is 6. The molecule has 0 amide bonds. The smallest absolute Gasteiger partial charge is 0.274 e. The van der Waals surface area contributed by atoms with Crippen LogP contribution < -0.4 is 5.32 Å². The molecule has 1 N–H and O–H groups in total. The van der Waals surface area contributed by atoms with Crippen molar-refractivity contribution in [3.05, 3.63) is 40.8 Å². The number of nitrogens with zero attached hydrogens (tertiary/aromatic N) is 5. The highest BCUT2D eigenvalue weighted by atomic mass is 16.6. The van der Waals surface area contributed by atoms with E-state index in [4.69, 9.17) is 0 Å². The highest BCUT2D eigenvalue weighted by Crippen LogP contribution is 2.13. The van der Waals surface area contributed by atoms with E-state index in [1.807, 2.05) is 0 Å². The molecule has 0 aliphatic rings. The van der Waals surface area contributed by atoms with E-state index in [0.717, 1.165) is 13.0 Å². The standard InChI is InChI=1S/C10H12N6O2/c17-16(18)9-2-4-12-10(8-9)11-3-1-6-15-7-5-13-14-15/h2,4-5,7-8H,1,3,6H2,(H,11,12). The van der Waals surface area contributed by atoms with E-state index in [-0.39, 0.29) is 5.69 Å². The minimum atomic E-state index is -0.442. The molecule has 0 saturated heterocycles. The van der Waals surface area contributed by atoms with Crippen LogP contribution >= 0.6 is 0 Å². The van der Waals surface area contributed by atoms with Crippen molar-refractivity contribution in [3.8, 4) is 0 Å². The third kappa shape index (κ3) is 3.24. The van der Waals surface area contributed by atoms with Gasteiger partial charge in [0.1, 0.15) is 5.82 Å². The van der Waals surface area contributed by atoms with Gasteiger partial charge in [-0.15, -0.1) is 5.10 Å². The summed E-state index contributed by atoms with van der Waals surface area (Å²) in [4.78, 5) is 14.1. The summed E-state index contributed by atoms with van der Waals surface area (Å²) >= 11 is 0. The van der Waals surface area contributed by atoms with Gasteiger partial charge >= 0.3 is 0 Å². The fourth-order valence-corrected chi connectivity index (χ4v) is 1.44. The summed E-state index contributed by atoms with van der Waals surface area (Å²) in [6.45, 7) is 1.40. The molecule has 0 atom stereocenters. The predicted molar refractivity (Wildman–Crippen MR) is 64.0 cm³/mol. The van der Waals surface area contributed by atoms with E-state index in [2.05, 4.69) is 20.6 Å². The third-order valence-electron chi connectivity index (χ3n) is 2.30. The lowest BCUT2D eigenvalue weighted by Gasteiger charge is -2.04. The Bertz CT molecular complexity index is 513. The Morgan fingerprint density at radius 1 is 1.44 bits per heavy atom. The van der Waals surface area contributed by atoms with Crippen molar-refractivity contribution in [2.45, 2.75) is 13.0 Å². The molecular formula is C10H12N6O2. The van der Waals surface area contributed by atoms with Gasteiger partial charge in [0.25, 0.3) is 5.69 Å². The molecule has 2 aromatic heterocycles. The van der Waals surface area contributed by atoms with E-state index in [1.54, 1.807) is 17.1 Å². The van der Waals surface area contributed by atoms with Gasteiger partial charge in [0.2, 0.25) is 0 Å². The van der Waals surface area contributed by atoms with Crippen LogP contribution in [0.25, 0.3) is 0 Å². The number of hydrogen-bond acceptors (Lipinski definition) is 6. The van der Waals surface area contributed by atoms with Crippen LogP contribution in [0.4, 0.5) is 11.5 Å². The topological polar surface area (TPSA) is 98.8 Å².